The quantitative estimate of drug-likeness (QED) is 0.276. The number of pyridine rings is 1. The topological polar surface area (TPSA) is 86.6 Å². The second-order valence-corrected chi connectivity index (χ2v) is 13.3. The minimum absolute atomic E-state index is 0.0119. The smallest absolute Gasteiger partial charge is 0.319 e. The molecule has 2 atom stereocenters. The first-order valence-electron chi connectivity index (χ1n) is 16.0. The molecule has 4 aromatic rings. The number of aromatic hydroxyl groups is 1. The number of hydrogen-bond donors (Lipinski definition) is 2. The van der Waals surface area contributed by atoms with E-state index in [0.29, 0.717) is 64.6 Å². The first kappa shape index (κ1) is 28.4. The molecule has 0 unspecified atom stereocenters. The Kier molecular flexibility index (Phi) is 6.99. The zero-order valence-electron chi connectivity index (χ0n) is 25.1. The number of fused-ring (bicyclic) bond motifs is 4. The fourth-order valence-electron chi connectivity index (χ4n) is 7.48. The van der Waals surface area contributed by atoms with Gasteiger partial charge in [-0.15, -0.1) is 6.42 Å². The molecule has 3 saturated heterocycles. The van der Waals surface area contributed by atoms with Crippen molar-refractivity contribution in [2.45, 2.75) is 56.8 Å². The lowest BCUT2D eigenvalue weighted by Gasteiger charge is -2.34. The van der Waals surface area contributed by atoms with Crippen molar-refractivity contribution in [3.63, 3.8) is 0 Å². The molecule has 8 rings (SSSR count). The molecular weight excluding hydrogens is 574 g/mol. The first-order chi connectivity index (χ1) is 21.9. The molecule has 5 heterocycles. The molecule has 1 aliphatic carbocycles. The molecule has 10 heteroatoms. The monoisotopic (exact) mass is 610 g/mol. The van der Waals surface area contributed by atoms with Gasteiger partial charge in [-0.1, -0.05) is 18.1 Å². The first-order valence-corrected chi connectivity index (χ1v) is 16.0. The van der Waals surface area contributed by atoms with Gasteiger partial charge in [-0.3, -0.25) is 4.98 Å². The van der Waals surface area contributed by atoms with Gasteiger partial charge in [-0.05, 0) is 62.1 Å². The Balaban J connectivity index is 1.19. The van der Waals surface area contributed by atoms with E-state index in [2.05, 4.69) is 31.0 Å². The van der Waals surface area contributed by atoms with Gasteiger partial charge >= 0.3 is 6.01 Å². The van der Waals surface area contributed by atoms with Crippen LogP contribution in [0.5, 0.6) is 11.8 Å². The zero-order chi connectivity index (χ0) is 30.7. The number of phenolic OH excluding ortho intramolecular Hbond substituents is 1. The third kappa shape index (κ3) is 5.32. The number of anilines is 1. The second-order valence-electron chi connectivity index (χ2n) is 13.3. The van der Waals surface area contributed by atoms with Crippen LogP contribution in [-0.4, -0.2) is 82.5 Å². The maximum absolute atomic E-state index is 16.8. The second kappa shape index (κ2) is 11.1. The van der Waals surface area contributed by atoms with E-state index in [1.54, 1.807) is 18.3 Å². The Morgan fingerprint density at radius 3 is 2.60 bits per heavy atom. The maximum atomic E-state index is 16.8. The molecular formula is C35H36F2N6O2. The molecule has 0 spiro atoms. The van der Waals surface area contributed by atoms with E-state index in [0.717, 1.165) is 58.4 Å². The molecule has 2 aromatic heterocycles. The lowest BCUT2D eigenvalue weighted by atomic mass is 9.96. The number of ether oxygens (including phenoxy) is 1. The van der Waals surface area contributed by atoms with Gasteiger partial charge in [0, 0.05) is 72.9 Å². The predicted octanol–water partition coefficient (Wildman–Crippen LogP) is 5.20. The summed E-state index contributed by atoms with van der Waals surface area (Å²) in [6.45, 7) is 4.30. The van der Waals surface area contributed by atoms with Gasteiger partial charge in [0.1, 0.15) is 28.9 Å². The van der Waals surface area contributed by atoms with Crippen molar-refractivity contribution in [2.24, 2.45) is 5.41 Å². The number of aromatic nitrogens is 3. The molecule has 2 bridgehead atoms. The number of phenols is 1. The predicted molar refractivity (Wildman–Crippen MR) is 170 cm³/mol. The Bertz CT molecular complexity index is 1820. The highest BCUT2D eigenvalue weighted by atomic mass is 19.1. The van der Waals surface area contributed by atoms with Gasteiger partial charge in [-0.25, -0.2) is 8.78 Å². The number of nitrogens with one attached hydrogen (secondary N) is 1. The molecule has 232 valence electrons. The van der Waals surface area contributed by atoms with Crippen LogP contribution >= 0.6 is 0 Å². The lowest BCUT2D eigenvalue weighted by molar-refractivity contribution is 0.107. The van der Waals surface area contributed by atoms with Crippen LogP contribution in [0.25, 0.3) is 32.9 Å². The van der Waals surface area contributed by atoms with Crippen molar-refractivity contribution in [3.8, 4) is 35.4 Å². The van der Waals surface area contributed by atoms with Crippen LogP contribution in [0.15, 0.2) is 36.5 Å². The average Bonchev–Trinajstić information content (AvgIpc) is 3.73. The highest BCUT2D eigenvalue weighted by molar-refractivity contribution is 6.02. The Morgan fingerprint density at radius 2 is 1.87 bits per heavy atom. The molecule has 45 heavy (non-hydrogen) atoms. The number of halogens is 2. The number of piperazine rings is 1. The maximum Gasteiger partial charge on any atom is 0.319 e. The van der Waals surface area contributed by atoms with Crippen molar-refractivity contribution in [2.75, 3.05) is 44.2 Å². The van der Waals surface area contributed by atoms with Crippen LogP contribution in [0.3, 0.4) is 0 Å². The summed E-state index contributed by atoms with van der Waals surface area (Å²) < 4.78 is 36.8. The number of benzene rings is 2. The van der Waals surface area contributed by atoms with E-state index in [-0.39, 0.29) is 28.4 Å². The summed E-state index contributed by atoms with van der Waals surface area (Å²) in [6, 6.07) is 9.37. The van der Waals surface area contributed by atoms with Crippen LogP contribution in [0, 0.1) is 23.6 Å². The van der Waals surface area contributed by atoms with Crippen molar-refractivity contribution in [1.82, 2.24) is 25.2 Å². The van der Waals surface area contributed by atoms with E-state index in [4.69, 9.17) is 16.1 Å². The summed E-state index contributed by atoms with van der Waals surface area (Å²) in [6.07, 6.45) is 12.1. The summed E-state index contributed by atoms with van der Waals surface area (Å²) in [4.78, 5) is 18.6. The lowest BCUT2D eigenvalue weighted by Crippen LogP contribution is -2.51. The molecule has 0 radical (unpaired) electrons. The van der Waals surface area contributed by atoms with Gasteiger partial charge < -0.3 is 25.0 Å². The number of alkyl halides is 1. The van der Waals surface area contributed by atoms with Crippen molar-refractivity contribution >= 4 is 27.5 Å². The van der Waals surface area contributed by atoms with E-state index in [1.165, 1.54) is 6.07 Å². The molecule has 0 amide bonds. The van der Waals surface area contributed by atoms with Crippen molar-refractivity contribution < 1.29 is 18.6 Å². The summed E-state index contributed by atoms with van der Waals surface area (Å²) in [7, 11) is 0. The highest BCUT2D eigenvalue weighted by Gasteiger charge is 2.45. The fourth-order valence-corrected chi connectivity index (χ4v) is 7.48. The van der Waals surface area contributed by atoms with Crippen LogP contribution in [0.2, 0.25) is 0 Å². The van der Waals surface area contributed by atoms with E-state index < -0.39 is 12.0 Å². The van der Waals surface area contributed by atoms with Gasteiger partial charge in [0.05, 0.1) is 12.0 Å². The van der Waals surface area contributed by atoms with Crippen LogP contribution in [0.1, 0.15) is 44.1 Å². The third-order valence-corrected chi connectivity index (χ3v) is 10.1. The Morgan fingerprint density at radius 1 is 1.09 bits per heavy atom. The largest absolute Gasteiger partial charge is 0.508 e. The molecule has 8 nitrogen and oxygen atoms in total. The number of rotatable bonds is 7. The van der Waals surface area contributed by atoms with Crippen molar-refractivity contribution in [3.05, 3.63) is 47.9 Å². The normalized spacial score (nSPS) is 23.0. The van der Waals surface area contributed by atoms with Crippen LogP contribution < -0.4 is 15.0 Å². The van der Waals surface area contributed by atoms with E-state index >= 15 is 4.39 Å². The summed E-state index contributed by atoms with van der Waals surface area (Å²) in [5, 5.41) is 16.0. The summed E-state index contributed by atoms with van der Waals surface area (Å²) in [5.74, 6) is 2.68. The van der Waals surface area contributed by atoms with Gasteiger partial charge in [-0.2, -0.15) is 9.97 Å². The fraction of sp³-hybridized carbons (Fsp3) is 0.457. The molecule has 3 aliphatic heterocycles. The Hall–Kier alpha value is -4.07. The van der Waals surface area contributed by atoms with Gasteiger partial charge in [0.2, 0.25) is 0 Å². The molecule has 4 aliphatic rings. The minimum Gasteiger partial charge on any atom is -0.508 e. The number of hydrogen-bond acceptors (Lipinski definition) is 8. The number of piperidine rings is 1. The summed E-state index contributed by atoms with van der Waals surface area (Å²) in [5.41, 5.74) is 1.13. The van der Waals surface area contributed by atoms with Crippen molar-refractivity contribution in [1.29, 1.82) is 0 Å². The SMILES string of the molecule is C#Cc1cccc2cc(O)cc(-c3ncc4c(N5C[C@H]6CC[C@@H](C5)N6)nc(OCC5(CN6CCC(F)CC6)CC5)nc4c3F)c12. The molecule has 1 saturated carbocycles. The van der Waals surface area contributed by atoms with Gasteiger partial charge in [0.25, 0.3) is 0 Å². The van der Waals surface area contributed by atoms with E-state index in [1.807, 2.05) is 12.1 Å². The molecule has 2 aromatic carbocycles. The Labute approximate surface area is 260 Å². The number of terminal acetylenes is 1. The summed E-state index contributed by atoms with van der Waals surface area (Å²) >= 11 is 0. The number of likely N-dealkylation sites (tertiary alicyclic amines) is 1. The molecule has 2 N–H and O–H groups in total. The standard InChI is InChI=1S/C35H36F2N6O2/c1-2-21-4-3-5-22-14-26(44)15-27(29(21)22)31-30(37)32-28(16-38-31)33(43-17-24-6-7-25(18-43)39-24)41-34(40-32)45-20-35(10-11-35)19-42-12-8-23(36)9-13-42/h1,3-5,14-16,23-25,39,44H,6-13,17-20H2/t24-,25+. The van der Waals surface area contributed by atoms with E-state index in [9.17, 15) is 9.50 Å². The van der Waals surface area contributed by atoms with Crippen LogP contribution in [-0.2, 0) is 0 Å². The average molecular weight is 611 g/mol. The minimum atomic E-state index is -0.706. The highest BCUT2D eigenvalue weighted by Crippen LogP contribution is 2.47. The third-order valence-electron chi connectivity index (χ3n) is 10.1. The molecule has 4 fully saturated rings. The number of nitrogens with zero attached hydrogens (tertiary/aromatic N) is 5. The zero-order valence-corrected chi connectivity index (χ0v) is 25.1. The van der Waals surface area contributed by atoms with Crippen LogP contribution in [0.4, 0.5) is 14.6 Å². The van der Waals surface area contributed by atoms with Gasteiger partial charge in [0.15, 0.2) is 5.82 Å².